The lowest BCUT2D eigenvalue weighted by atomic mass is 9.80. The molecule has 1 amide bonds. The van der Waals surface area contributed by atoms with Gasteiger partial charge in [0.2, 0.25) is 0 Å². The van der Waals surface area contributed by atoms with Crippen LogP contribution in [0.2, 0.25) is 0 Å². The number of hydrogen-bond donors (Lipinski definition) is 1. The smallest absolute Gasteiger partial charge is 0.383 e. The van der Waals surface area contributed by atoms with E-state index in [1.165, 1.54) is 11.6 Å². The first kappa shape index (κ1) is 24.7. The monoisotopic (exact) mass is 504 g/mol. The van der Waals surface area contributed by atoms with Crippen molar-refractivity contribution >= 4 is 22.6 Å². The second-order valence-electron chi connectivity index (χ2n) is 9.69. The summed E-state index contributed by atoms with van der Waals surface area (Å²) in [6.07, 6.45) is -2.01. The zero-order valence-electron chi connectivity index (χ0n) is 20.6. The number of alkyl halides is 3. The van der Waals surface area contributed by atoms with Crippen molar-refractivity contribution < 1.29 is 18.0 Å². The number of anilines is 1. The Bertz CT molecular complexity index is 1470. The molecule has 0 radical (unpaired) electrons. The van der Waals surface area contributed by atoms with Crippen LogP contribution in [0.25, 0.3) is 10.9 Å². The number of pyridine rings is 2. The maximum atomic E-state index is 14.0. The molecule has 8 heteroatoms. The van der Waals surface area contributed by atoms with E-state index < -0.39 is 11.7 Å². The summed E-state index contributed by atoms with van der Waals surface area (Å²) in [5.74, 6) is 0.579. The zero-order chi connectivity index (χ0) is 26.3. The highest BCUT2D eigenvalue weighted by molar-refractivity contribution is 5.98. The molecule has 1 aliphatic rings. The number of aryl methyl sites for hydroxylation is 1. The van der Waals surface area contributed by atoms with Gasteiger partial charge in [-0.25, -0.2) is 4.98 Å². The molecule has 5 rings (SSSR count). The maximum Gasteiger partial charge on any atom is 0.417 e. The van der Waals surface area contributed by atoms with Crippen LogP contribution in [-0.2, 0) is 12.7 Å². The number of amides is 1. The SMILES string of the molecule is Cc1cc2cc(C(=O)N(Cc3ccc(C(F)(F)F)cn3)[C@H]3CC[C@H](C)c4ccccc43)ccc2nc1N. The van der Waals surface area contributed by atoms with Crippen LogP contribution in [-0.4, -0.2) is 20.8 Å². The lowest BCUT2D eigenvalue weighted by Gasteiger charge is -2.38. The standard InChI is InChI=1S/C29H27F3N4O/c1-17-7-12-26(24-6-4-3-5-23(17)24)36(16-22-10-9-21(15-34-22)29(30,31)32)28(37)19-8-11-25-20(14-19)13-18(2)27(33)35-25/h3-6,8-11,13-15,17,26H,7,12,16H2,1-2H3,(H2,33,35)/t17-,26-/m0/s1. The summed E-state index contributed by atoms with van der Waals surface area (Å²) in [4.78, 5) is 24.2. The largest absolute Gasteiger partial charge is 0.417 e. The van der Waals surface area contributed by atoms with Crippen molar-refractivity contribution in [2.45, 2.75) is 51.4 Å². The fourth-order valence-electron chi connectivity index (χ4n) is 5.09. The molecular weight excluding hydrogens is 477 g/mol. The summed E-state index contributed by atoms with van der Waals surface area (Å²) in [7, 11) is 0. The first-order chi connectivity index (χ1) is 17.6. The summed E-state index contributed by atoms with van der Waals surface area (Å²) >= 11 is 0. The molecule has 0 aliphatic heterocycles. The molecule has 1 aliphatic carbocycles. The molecule has 2 atom stereocenters. The van der Waals surface area contributed by atoms with Crippen LogP contribution in [0.1, 0.15) is 70.0 Å². The number of nitrogens with zero attached hydrogens (tertiary/aromatic N) is 3. The van der Waals surface area contributed by atoms with Crippen molar-refractivity contribution in [3.63, 3.8) is 0 Å². The molecule has 37 heavy (non-hydrogen) atoms. The second kappa shape index (κ2) is 9.50. The molecule has 2 aromatic carbocycles. The number of fused-ring (bicyclic) bond motifs is 2. The van der Waals surface area contributed by atoms with E-state index in [4.69, 9.17) is 5.73 Å². The number of halogens is 3. The number of carbonyl (C=O) groups is 1. The molecule has 0 fully saturated rings. The molecule has 5 nitrogen and oxygen atoms in total. The van der Waals surface area contributed by atoms with Gasteiger partial charge in [0.05, 0.1) is 29.4 Å². The number of nitrogen functional groups attached to an aromatic ring is 1. The van der Waals surface area contributed by atoms with Crippen LogP contribution in [0.4, 0.5) is 19.0 Å². The van der Waals surface area contributed by atoms with Gasteiger partial charge in [-0.05, 0) is 78.8 Å². The van der Waals surface area contributed by atoms with E-state index in [2.05, 4.69) is 23.0 Å². The number of aromatic nitrogens is 2. The molecule has 2 aromatic heterocycles. The quantitative estimate of drug-likeness (QED) is 0.331. The third kappa shape index (κ3) is 4.88. The minimum absolute atomic E-state index is 0.0847. The van der Waals surface area contributed by atoms with E-state index in [1.54, 1.807) is 23.1 Å². The Morgan fingerprint density at radius 3 is 2.51 bits per heavy atom. The summed E-state index contributed by atoms with van der Waals surface area (Å²) in [6, 6.07) is 17.4. The predicted octanol–water partition coefficient (Wildman–Crippen LogP) is 6.82. The molecule has 190 valence electrons. The molecule has 0 spiro atoms. The molecule has 4 aromatic rings. The van der Waals surface area contributed by atoms with E-state index in [9.17, 15) is 18.0 Å². The number of nitrogens with two attached hydrogens (primary N) is 1. The zero-order valence-corrected chi connectivity index (χ0v) is 20.6. The first-order valence-corrected chi connectivity index (χ1v) is 12.2. The molecule has 0 unspecified atom stereocenters. The Morgan fingerprint density at radius 2 is 1.81 bits per heavy atom. The van der Waals surface area contributed by atoms with Crippen LogP contribution in [0, 0.1) is 6.92 Å². The van der Waals surface area contributed by atoms with E-state index in [0.29, 0.717) is 28.5 Å². The van der Waals surface area contributed by atoms with Gasteiger partial charge in [-0.3, -0.25) is 9.78 Å². The third-order valence-electron chi connectivity index (χ3n) is 7.17. The van der Waals surface area contributed by atoms with Gasteiger partial charge in [0.25, 0.3) is 5.91 Å². The Kier molecular flexibility index (Phi) is 6.35. The highest BCUT2D eigenvalue weighted by Crippen LogP contribution is 2.41. The molecular formula is C29H27F3N4O. The van der Waals surface area contributed by atoms with Crippen molar-refractivity contribution in [3.05, 3.63) is 100 Å². The maximum absolute atomic E-state index is 14.0. The van der Waals surface area contributed by atoms with Gasteiger partial charge < -0.3 is 10.6 Å². The molecule has 2 heterocycles. The Labute approximate surface area is 213 Å². The Morgan fingerprint density at radius 1 is 1.05 bits per heavy atom. The van der Waals surface area contributed by atoms with Gasteiger partial charge in [-0.1, -0.05) is 31.2 Å². The highest BCUT2D eigenvalue weighted by Gasteiger charge is 2.34. The van der Waals surface area contributed by atoms with Crippen molar-refractivity contribution in [1.29, 1.82) is 0 Å². The minimum Gasteiger partial charge on any atom is -0.383 e. The van der Waals surface area contributed by atoms with E-state index in [0.717, 1.165) is 41.6 Å². The van der Waals surface area contributed by atoms with Crippen molar-refractivity contribution in [3.8, 4) is 0 Å². The van der Waals surface area contributed by atoms with Crippen molar-refractivity contribution in [2.75, 3.05) is 5.73 Å². The molecule has 0 bridgehead atoms. The van der Waals surface area contributed by atoms with Crippen LogP contribution in [0.5, 0.6) is 0 Å². The number of benzene rings is 2. The minimum atomic E-state index is -4.47. The van der Waals surface area contributed by atoms with Crippen molar-refractivity contribution in [2.24, 2.45) is 0 Å². The molecule has 2 N–H and O–H groups in total. The first-order valence-electron chi connectivity index (χ1n) is 12.2. The van der Waals surface area contributed by atoms with E-state index >= 15 is 0 Å². The fourth-order valence-corrected chi connectivity index (χ4v) is 5.09. The highest BCUT2D eigenvalue weighted by atomic mass is 19.4. The summed E-state index contributed by atoms with van der Waals surface area (Å²) in [5, 5.41) is 0.794. The summed E-state index contributed by atoms with van der Waals surface area (Å²) < 4.78 is 39.3. The average molecular weight is 505 g/mol. The Balaban J connectivity index is 1.56. The van der Waals surface area contributed by atoms with Gasteiger partial charge in [-0.2, -0.15) is 13.2 Å². The normalized spacial score (nSPS) is 17.4. The molecule has 0 saturated carbocycles. The number of hydrogen-bond acceptors (Lipinski definition) is 4. The topological polar surface area (TPSA) is 72.1 Å². The second-order valence-corrected chi connectivity index (χ2v) is 9.69. The fraction of sp³-hybridized carbons (Fsp3) is 0.276. The van der Waals surface area contributed by atoms with E-state index in [1.807, 2.05) is 31.2 Å². The van der Waals surface area contributed by atoms with E-state index in [-0.39, 0.29) is 18.5 Å². The summed E-state index contributed by atoms with van der Waals surface area (Å²) in [5.41, 5.74) is 9.75. The van der Waals surface area contributed by atoms with Crippen molar-refractivity contribution in [1.82, 2.24) is 14.9 Å². The Hall–Kier alpha value is -3.94. The van der Waals surface area contributed by atoms with Gasteiger partial charge in [0.15, 0.2) is 0 Å². The number of rotatable bonds is 4. The number of carbonyl (C=O) groups excluding carboxylic acids is 1. The van der Waals surface area contributed by atoms with Crippen LogP contribution in [0.3, 0.4) is 0 Å². The third-order valence-corrected chi connectivity index (χ3v) is 7.17. The lowest BCUT2D eigenvalue weighted by molar-refractivity contribution is -0.137. The van der Waals surface area contributed by atoms with Gasteiger partial charge >= 0.3 is 6.18 Å². The summed E-state index contributed by atoms with van der Waals surface area (Å²) in [6.45, 7) is 4.11. The predicted molar refractivity (Wildman–Crippen MR) is 137 cm³/mol. The van der Waals surface area contributed by atoms with Gasteiger partial charge in [-0.15, -0.1) is 0 Å². The van der Waals surface area contributed by atoms with Gasteiger partial charge in [0, 0.05) is 17.1 Å². The van der Waals surface area contributed by atoms with Crippen LogP contribution in [0.15, 0.2) is 66.9 Å². The molecule has 0 saturated heterocycles. The van der Waals surface area contributed by atoms with Crippen LogP contribution >= 0.6 is 0 Å². The lowest BCUT2D eigenvalue weighted by Crippen LogP contribution is -2.37. The average Bonchev–Trinajstić information content (AvgIpc) is 2.88. The van der Waals surface area contributed by atoms with Gasteiger partial charge in [0.1, 0.15) is 5.82 Å². The van der Waals surface area contributed by atoms with Crippen LogP contribution < -0.4 is 5.73 Å².